The summed E-state index contributed by atoms with van der Waals surface area (Å²) in [7, 11) is 0. The van der Waals surface area contributed by atoms with Crippen molar-refractivity contribution in [3.05, 3.63) is 69.7 Å². The maximum Gasteiger partial charge on any atom is 0.408 e. The molecule has 2 rings (SSSR count). The molecule has 0 aliphatic heterocycles. The number of hydrogen-bond acceptors (Lipinski definition) is 2. The Hall–Kier alpha value is -2.28. The quantitative estimate of drug-likeness (QED) is 0.528. The highest BCUT2D eigenvalue weighted by molar-refractivity contribution is 9.10. The minimum Gasteiger partial charge on any atom is -0.465 e. The van der Waals surface area contributed by atoms with Gasteiger partial charge in [-0.05, 0) is 57.0 Å². The summed E-state index contributed by atoms with van der Waals surface area (Å²) in [5.74, 6) is -2.54. The molecule has 0 unspecified atom stereocenters. The van der Waals surface area contributed by atoms with Gasteiger partial charge in [0.2, 0.25) is 0 Å². The second-order valence-corrected chi connectivity index (χ2v) is 8.36. The fourth-order valence-electron chi connectivity index (χ4n) is 3.17. The summed E-state index contributed by atoms with van der Waals surface area (Å²) in [6, 6.07) is 9.70. The Morgan fingerprint density at radius 2 is 1.61 bits per heavy atom. The summed E-state index contributed by atoms with van der Waals surface area (Å²) in [6.45, 7) is 5.27. The maximum atomic E-state index is 13.9. The molecule has 0 radical (unpaired) electrons. The van der Waals surface area contributed by atoms with Crippen LogP contribution in [0.15, 0.2) is 46.9 Å². The standard InChI is InChI=1S/C21H22BrF2NO3/c1-21(2,3)25(20(27)28)17(13-7-9-14(22)10-8-13)11-12-18(26)19-15(23)5-4-6-16(19)24/h4-10,17H,11-12H2,1-3H3,(H,27,28)/t17-/m1/s1. The van der Waals surface area contributed by atoms with Gasteiger partial charge in [-0.3, -0.25) is 9.69 Å². The van der Waals surface area contributed by atoms with Crippen molar-refractivity contribution in [3.63, 3.8) is 0 Å². The van der Waals surface area contributed by atoms with Crippen LogP contribution in [0.4, 0.5) is 13.6 Å². The van der Waals surface area contributed by atoms with Gasteiger partial charge in [-0.25, -0.2) is 13.6 Å². The van der Waals surface area contributed by atoms with Crippen LogP contribution in [0, 0.1) is 11.6 Å². The van der Waals surface area contributed by atoms with E-state index in [0.717, 1.165) is 16.6 Å². The molecule has 0 fully saturated rings. The van der Waals surface area contributed by atoms with Crippen LogP contribution < -0.4 is 0 Å². The molecule has 0 aromatic heterocycles. The predicted molar refractivity (Wildman–Crippen MR) is 106 cm³/mol. The fraction of sp³-hybridized carbons (Fsp3) is 0.333. The first-order valence-electron chi connectivity index (χ1n) is 8.77. The summed E-state index contributed by atoms with van der Waals surface area (Å²) in [4.78, 5) is 25.7. The maximum absolute atomic E-state index is 13.9. The van der Waals surface area contributed by atoms with Gasteiger partial charge in [0.1, 0.15) is 11.6 Å². The van der Waals surface area contributed by atoms with Gasteiger partial charge in [0.15, 0.2) is 5.78 Å². The molecule has 0 aliphatic rings. The van der Waals surface area contributed by atoms with Gasteiger partial charge in [-0.1, -0.05) is 34.1 Å². The van der Waals surface area contributed by atoms with Crippen LogP contribution in [-0.2, 0) is 0 Å². The molecule has 4 nitrogen and oxygen atoms in total. The van der Waals surface area contributed by atoms with Crippen molar-refractivity contribution in [1.82, 2.24) is 4.90 Å². The van der Waals surface area contributed by atoms with Crippen molar-refractivity contribution in [2.45, 2.75) is 45.2 Å². The summed E-state index contributed by atoms with van der Waals surface area (Å²) in [5.41, 5.74) is -0.632. The predicted octanol–water partition coefficient (Wildman–Crippen LogP) is 6.21. The fourth-order valence-corrected chi connectivity index (χ4v) is 3.44. The number of halogens is 3. The molecular weight excluding hydrogens is 432 g/mol. The summed E-state index contributed by atoms with van der Waals surface area (Å²) < 4.78 is 28.6. The zero-order valence-corrected chi connectivity index (χ0v) is 17.5. The number of carboxylic acid groups (broad SMARTS) is 1. The minimum atomic E-state index is -1.13. The van der Waals surface area contributed by atoms with Crippen LogP contribution in [0.5, 0.6) is 0 Å². The van der Waals surface area contributed by atoms with E-state index in [0.29, 0.717) is 5.56 Å². The molecule has 0 saturated carbocycles. The third-order valence-corrected chi connectivity index (χ3v) is 4.91. The lowest BCUT2D eigenvalue weighted by molar-refractivity contribution is 0.0637. The Morgan fingerprint density at radius 3 is 2.07 bits per heavy atom. The average Bonchev–Trinajstić information content (AvgIpc) is 2.57. The largest absolute Gasteiger partial charge is 0.465 e. The van der Waals surface area contributed by atoms with Gasteiger partial charge >= 0.3 is 6.09 Å². The summed E-state index contributed by atoms with van der Waals surface area (Å²) in [6.07, 6.45) is -1.24. The Labute approximate surface area is 171 Å². The molecule has 0 spiro atoms. The Kier molecular flexibility index (Phi) is 6.93. The lowest BCUT2D eigenvalue weighted by atomic mass is 9.93. The highest BCUT2D eigenvalue weighted by Gasteiger charge is 2.34. The monoisotopic (exact) mass is 453 g/mol. The van der Waals surface area contributed by atoms with E-state index in [1.54, 1.807) is 45.0 Å². The van der Waals surface area contributed by atoms with Crippen LogP contribution in [0.1, 0.15) is 55.6 Å². The van der Waals surface area contributed by atoms with Crippen molar-refractivity contribution in [2.75, 3.05) is 0 Å². The van der Waals surface area contributed by atoms with Gasteiger partial charge in [-0.2, -0.15) is 0 Å². The molecule has 2 aromatic carbocycles. The van der Waals surface area contributed by atoms with E-state index in [9.17, 15) is 23.5 Å². The normalized spacial score (nSPS) is 12.5. The number of nitrogens with zero attached hydrogens (tertiary/aromatic N) is 1. The van der Waals surface area contributed by atoms with Crippen molar-refractivity contribution < 1.29 is 23.5 Å². The highest BCUT2D eigenvalue weighted by atomic mass is 79.9. The first-order valence-corrected chi connectivity index (χ1v) is 9.56. The Bertz CT molecular complexity index is 843. The second-order valence-electron chi connectivity index (χ2n) is 7.45. The molecule has 1 atom stereocenters. The van der Waals surface area contributed by atoms with E-state index < -0.39 is 40.7 Å². The molecule has 1 N–H and O–H groups in total. The topological polar surface area (TPSA) is 57.6 Å². The number of hydrogen-bond donors (Lipinski definition) is 1. The van der Waals surface area contributed by atoms with Crippen LogP contribution in [0.25, 0.3) is 0 Å². The molecule has 7 heteroatoms. The van der Waals surface area contributed by atoms with Crippen molar-refractivity contribution in [3.8, 4) is 0 Å². The number of rotatable bonds is 6. The van der Waals surface area contributed by atoms with Crippen molar-refractivity contribution in [2.24, 2.45) is 0 Å². The molecule has 28 heavy (non-hydrogen) atoms. The Balaban J connectivity index is 2.36. The summed E-state index contributed by atoms with van der Waals surface area (Å²) in [5, 5.41) is 9.78. The third-order valence-electron chi connectivity index (χ3n) is 4.38. The smallest absolute Gasteiger partial charge is 0.408 e. The number of carbonyl (C=O) groups excluding carboxylic acids is 1. The molecule has 150 valence electrons. The minimum absolute atomic E-state index is 0.0950. The van der Waals surface area contributed by atoms with Crippen LogP contribution in [0.2, 0.25) is 0 Å². The van der Waals surface area contributed by atoms with Crippen LogP contribution in [-0.4, -0.2) is 27.4 Å². The van der Waals surface area contributed by atoms with E-state index in [-0.39, 0.29) is 12.8 Å². The van der Waals surface area contributed by atoms with E-state index in [2.05, 4.69) is 15.9 Å². The number of Topliss-reactive ketones (excluding diaryl/α,β-unsaturated/α-hetero) is 1. The molecule has 1 amide bonds. The van der Waals surface area contributed by atoms with Gasteiger partial charge in [0.05, 0.1) is 11.6 Å². The zero-order chi connectivity index (χ0) is 21.1. The number of carbonyl (C=O) groups is 2. The number of ketones is 1. The Morgan fingerprint density at radius 1 is 1.07 bits per heavy atom. The van der Waals surface area contributed by atoms with Crippen molar-refractivity contribution in [1.29, 1.82) is 0 Å². The summed E-state index contributed by atoms with van der Waals surface area (Å²) >= 11 is 3.34. The molecule has 0 aliphatic carbocycles. The van der Waals surface area contributed by atoms with E-state index in [1.165, 1.54) is 11.0 Å². The number of benzene rings is 2. The molecule has 0 bridgehead atoms. The first kappa shape index (κ1) is 22.0. The van der Waals surface area contributed by atoms with E-state index in [4.69, 9.17) is 0 Å². The van der Waals surface area contributed by atoms with E-state index in [1.807, 2.05) is 0 Å². The van der Waals surface area contributed by atoms with E-state index >= 15 is 0 Å². The lowest BCUT2D eigenvalue weighted by Crippen LogP contribution is -2.47. The van der Waals surface area contributed by atoms with Gasteiger partial charge < -0.3 is 5.11 Å². The highest BCUT2D eigenvalue weighted by Crippen LogP contribution is 2.33. The van der Waals surface area contributed by atoms with Gasteiger partial charge in [0, 0.05) is 16.4 Å². The number of amides is 1. The SMILES string of the molecule is CC(C)(C)N(C(=O)O)[C@H](CCC(=O)c1c(F)cccc1F)c1ccc(Br)cc1. The third kappa shape index (κ3) is 5.16. The lowest BCUT2D eigenvalue weighted by Gasteiger charge is -2.40. The van der Waals surface area contributed by atoms with Crippen LogP contribution in [0.3, 0.4) is 0 Å². The molecular formula is C21H22BrF2NO3. The first-order chi connectivity index (χ1) is 13.0. The zero-order valence-electron chi connectivity index (χ0n) is 15.9. The molecule has 2 aromatic rings. The molecule has 0 heterocycles. The second kappa shape index (κ2) is 8.82. The van der Waals surface area contributed by atoms with Gasteiger partial charge in [0.25, 0.3) is 0 Å². The van der Waals surface area contributed by atoms with Crippen molar-refractivity contribution >= 4 is 27.8 Å². The van der Waals surface area contributed by atoms with Gasteiger partial charge in [-0.15, -0.1) is 0 Å². The average molecular weight is 454 g/mol. The van der Waals surface area contributed by atoms with Crippen LogP contribution >= 0.6 is 15.9 Å². The molecule has 0 saturated heterocycles.